The Morgan fingerprint density at radius 1 is 1.15 bits per heavy atom. The first kappa shape index (κ1) is 18.6. The fourth-order valence-corrected chi connectivity index (χ4v) is 3.34. The molecule has 0 radical (unpaired) electrons. The molecule has 3 aromatic rings. The smallest absolute Gasteiger partial charge is 0.250 e. The van der Waals surface area contributed by atoms with E-state index in [2.05, 4.69) is 10.3 Å². The number of halogens is 3. The van der Waals surface area contributed by atoms with Crippen LogP contribution in [0.5, 0.6) is 0 Å². The summed E-state index contributed by atoms with van der Waals surface area (Å²) in [6.07, 6.45) is 5.38. The van der Waals surface area contributed by atoms with Gasteiger partial charge in [-0.15, -0.1) is 11.3 Å². The minimum atomic E-state index is -0.293. The number of rotatable bonds is 5. The quantitative estimate of drug-likeness (QED) is 0.541. The van der Waals surface area contributed by atoms with Crippen LogP contribution < -0.4 is 5.32 Å². The van der Waals surface area contributed by atoms with Crippen LogP contribution in [0.4, 0.5) is 9.52 Å². The topological polar surface area (TPSA) is 42.0 Å². The van der Waals surface area contributed by atoms with Gasteiger partial charge in [0.2, 0.25) is 5.91 Å². The van der Waals surface area contributed by atoms with Crippen molar-refractivity contribution in [3.05, 3.63) is 86.6 Å². The molecule has 132 valence electrons. The molecule has 0 saturated carbocycles. The first-order chi connectivity index (χ1) is 12.5. The van der Waals surface area contributed by atoms with Gasteiger partial charge in [0.05, 0.1) is 10.0 Å². The minimum absolute atomic E-state index is 0.264. The van der Waals surface area contributed by atoms with Gasteiger partial charge in [-0.05, 0) is 41.5 Å². The Labute approximate surface area is 164 Å². The highest BCUT2D eigenvalue weighted by atomic mass is 35.5. The van der Waals surface area contributed by atoms with Crippen molar-refractivity contribution in [2.45, 2.75) is 6.42 Å². The van der Waals surface area contributed by atoms with Crippen molar-refractivity contribution in [3.63, 3.8) is 0 Å². The molecule has 0 aliphatic carbocycles. The molecule has 1 amide bonds. The van der Waals surface area contributed by atoms with Crippen LogP contribution in [-0.4, -0.2) is 10.9 Å². The van der Waals surface area contributed by atoms with E-state index in [1.54, 1.807) is 42.6 Å². The molecule has 0 saturated heterocycles. The number of hydrogen-bond donors (Lipinski definition) is 1. The van der Waals surface area contributed by atoms with Gasteiger partial charge in [-0.25, -0.2) is 9.37 Å². The lowest BCUT2D eigenvalue weighted by Crippen LogP contribution is -2.07. The first-order valence-electron chi connectivity index (χ1n) is 7.63. The standard InChI is InChI=1S/C19H13Cl2FN2OS/c20-16-7-3-13(10-17(16)21)4-8-18(25)24-19-23-11-15(26-19)9-12-1-5-14(22)6-2-12/h1-8,10-11H,9H2,(H,23,24,25)/b8-4+. The molecule has 2 aromatic carbocycles. The second-order valence-corrected chi connectivity index (χ2v) is 7.36. The number of thiazole rings is 1. The SMILES string of the molecule is O=C(/C=C/c1ccc(Cl)c(Cl)c1)Nc1ncc(Cc2ccc(F)cc2)s1. The Bertz CT molecular complexity index is 954. The van der Waals surface area contributed by atoms with E-state index in [0.717, 1.165) is 16.0 Å². The van der Waals surface area contributed by atoms with Crippen LogP contribution in [0.25, 0.3) is 6.08 Å². The van der Waals surface area contributed by atoms with Gasteiger partial charge < -0.3 is 0 Å². The summed E-state index contributed by atoms with van der Waals surface area (Å²) in [6, 6.07) is 11.4. The average molecular weight is 407 g/mol. The monoisotopic (exact) mass is 406 g/mol. The van der Waals surface area contributed by atoms with E-state index in [4.69, 9.17) is 23.2 Å². The molecule has 1 N–H and O–H groups in total. The molecular weight excluding hydrogens is 394 g/mol. The summed E-state index contributed by atoms with van der Waals surface area (Å²) in [7, 11) is 0. The maximum Gasteiger partial charge on any atom is 0.250 e. The zero-order chi connectivity index (χ0) is 18.5. The van der Waals surface area contributed by atoms with Gasteiger partial charge in [0, 0.05) is 23.6 Å². The summed E-state index contributed by atoms with van der Waals surface area (Å²) < 4.78 is 12.9. The van der Waals surface area contributed by atoms with Crippen LogP contribution in [0.3, 0.4) is 0 Å². The van der Waals surface area contributed by atoms with Gasteiger partial charge in [0.1, 0.15) is 5.82 Å². The molecule has 0 aliphatic rings. The van der Waals surface area contributed by atoms with E-state index >= 15 is 0 Å². The number of amides is 1. The second-order valence-electron chi connectivity index (χ2n) is 5.43. The number of nitrogens with one attached hydrogen (secondary N) is 1. The van der Waals surface area contributed by atoms with Gasteiger partial charge in [0.15, 0.2) is 5.13 Å². The molecule has 1 aromatic heterocycles. The molecule has 7 heteroatoms. The summed E-state index contributed by atoms with van der Waals surface area (Å²) in [5.74, 6) is -0.557. The highest BCUT2D eigenvalue weighted by Gasteiger charge is 2.06. The molecule has 1 heterocycles. The Kier molecular flexibility index (Phi) is 6.04. The number of aromatic nitrogens is 1. The number of hydrogen-bond acceptors (Lipinski definition) is 3. The Hall–Kier alpha value is -2.21. The van der Waals surface area contributed by atoms with E-state index in [-0.39, 0.29) is 11.7 Å². The van der Waals surface area contributed by atoms with Crippen molar-refractivity contribution in [2.24, 2.45) is 0 Å². The Morgan fingerprint density at radius 2 is 1.92 bits per heavy atom. The molecule has 0 aliphatic heterocycles. The fourth-order valence-electron chi connectivity index (χ4n) is 2.19. The van der Waals surface area contributed by atoms with Crippen LogP contribution >= 0.6 is 34.5 Å². The second kappa shape index (κ2) is 8.45. The van der Waals surface area contributed by atoms with Crippen molar-refractivity contribution < 1.29 is 9.18 Å². The van der Waals surface area contributed by atoms with Crippen LogP contribution in [0.2, 0.25) is 10.0 Å². The molecule has 3 nitrogen and oxygen atoms in total. The van der Waals surface area contributed by atoms with Crippen molar-refractivity contribution in [3.8, 4) is 0 Å². The molecule has 0 bridgehead atoms. The molecule has 0 spiro atoms. The van der Waals surface area contributed by atoms with Crippen LogP contribution in [0, 0.1) is 5.82 Å². The van der Waals surface area contributed by atoms with Crippen LogP contribution in [-0.2, 0) is 11.2 Å². The van der Waals surface area contributed by atoms with Crippen molar-refractivity contribution in [2.75, 3.05) is 5.32 Å². The highest BCUT2D eigenvalue weighted by Crippen LogP contribution is 2.24. The van der Waals surface area contributed by atoms with Gasteiger partial charge in [-0.2, -0.15) is 0 Å². The molecule has 26 heavy (non-hydrogen) atoms. The predicted molar refractivity (Wildman–Crippen MR) is 105 cm³/mol. The molecule has 3 rings (SSSR count). The summed E-state index contributed by atoms with van der Waals surface area (Å²) in [6.45, 7) is 0. The number of benzene rings is 2. The largest absolute Gasteiger partial charge is 0.298 e. The minimum Gasteiger partial charge on any atom is -0.298 e. The number of carbonyl (C=O) groups is 1. The average Bonchev–Trinajstić information content (AvgIpc) is 3.05. The van der Waals surface area contributed by atoms with E-state index < -0.39 is 0 Å². The number of nitrogens with zero attached hydrogens (tertiary/aromatic N) is 1. The maximum absolute atomic E-state index is 12.9. The number of anilines is 1. The predicted octanol–water partition coefficient (Wildman–Crippen LogP) is 5.83. The molecular formula is C19H13Cl2FN2OS. The summed E-state index contributed by atoms with van der Waals surface area (Å²) in [5.41, 5.74) is 1.75. The van der Waals surface area contributed by atoms with Gasteiger partial charge in [-0.3, -0.25) is 10.1 Å². The van der Waals surface area contributed by atoms with Crippen LogP contribution in [0.15, 0.2) is 54.7 Å². The summed E-state index contributed by atoms with van der Waals surface area (Å²) in [4.78, 5) is 17.2. The Morgan fingerprint density at radius 3 is 2.65 bits per heavy atom. The highest BCUT2D eigenvalue weighted by molar-refractivity contribution is 7.15. The summed E-state index contributed by atoms with van der Waals surface area (Å²) in [5, 5.41) is 4.11. The molecule has 0 atom stereocenters. The zero-order valence-electron chi connectivity index (χ0n) is 13.4. The lowest BCUT2D eigenvalue weighted by atomic mass is 10.1. The van der Waals surface area contributed by atoms with E-state index in [0.29, 0.717) is 21.6 Å². The number of carbonyl (C=O) groups excluding carboxylic acids is 1. The van der Waals surface area contributed by atoms with Gasteiger partial charge >= 0.3 is 0 Å². The van der Waals surface area contributed by atoms with Crippen molar-refractivity contribution >= 4 is 51.7 Å². The van der Waals surface area contributed by atoms with Crippen molar-refractivity contribution in [1.29, 1.82) is 0 Å². The van der Waals surface area contributed by atoms with E-state index in [1.165, 1.54) is 29.5 Å². The van der Waals surface area contributed by atoms with E-state index in [9.17, 15) is 9.18 Å². The normalized spacial score (nSPS) is 11.0. The van der Waals surface area contributed by atoms with Crippen LogP contribution in [0.1, 0.15) is 16.0 Å². The van der Waals surface area contributed by atoms with Crippen molar-refractivity contribution in [1.82, 2.24) is 4.98 Å². The maximum atomic E-state index is 12.9. The zero-order valence-corrected chi connectivity index (χ0v) is 15.7. The molecule has 0 unspecified atom stereocenters. The van der Waals surface area contributed by atoms with Gasteiger partial charge in [-0.1, -0.05) is 41.4 Å². The molecule has 0 fully saturated rings. The van der Waals surface area contributed by atoms with E-state index in [1.807, 2.05) is 0 Å². The third-order valence-electron chi connectivity index (χ3n) is 3.45. The third-order valence-corrected chi connectivity index (χ3v) is 5.10. The third kappa shape index (κ3) is 5.14. The fraction of sp³-hybridized carbons (Fsp3) is 0.0526. The Balaban J connectivity index is 1.59. The lowest BCUT2D eigenvalue weighted by molar-refractivity contribution is -0.111. The summed E-state index contributed by atoms with van der Waals surface area (Å²) >= 11 is 13.2. The first-order valence-corrected chi connectivity index (χ1v) is 9.20. The van der Waals surface area contributed by atoms with Gasteiger partial charge in [0.25, 0.3) is 0 Å². The lowest BCUT2D eigenvalue weighted by Gasteiger charge is -1.99.